The monoisotopic (exact) mass is 708 g/mol. The number of amides is 4. The third kappa shape index (κ3) is 21.6. The lowest BCUT2D eigenvalue weighted by atomic mass is 10.0. The van der Waals surface area contributed by atoms with E-state index in [2.05, 4.69) is 43.1 Å². The van der Waals surface area contributed by atoms with Crippen LogP contribution in [0.5, 0.6) is 0 Å². The second-order valence-corrected chi connectivity index (χ2v) is 13.0. The summed E-state index contributed by atoms with van der Waals surface area (Å²) in [5.41, 5.74) is 0.110. The fourth-order valence-corrected chi connectivity index (χ4v) is 4.29. The summed E-state index contributed by atoms with van der Waals surface area (Å²) in [6, 6.07) is -2.13. The molecule has 0 bridgehead atoms. The molecule has 0 radical (unpaired) electrons. The summed E-state index contributed by atoms with van der Waals surface area (Å²) in [6.07, 6.45) is 7.28. The van der Waals surface area contributed by atoms with E-state index >= 15 is 0 Å². The van der Waals surface area contributed by atoms with Crippen molar-refractivity contribution in [3.63, 3.8) is 0 Å². The summed E-state index contributed by atoms with van der Waals surface area (Å²) < 4.78 is 15.9. The van der Waals surface area contributed by atoms with E-state index in [0.29, 0.717) is 50.4 Å². The van der Waals surface area contributed by atoms with Crippen molar-refractivity contribution < 1.29 is 43.3 Å². The van der Waals surface area contributed by atoms with Crippen LogP contribution < -0.4 is 21.3 Å². The van der Waals surface area contributed by atoms with Gasteiger partial charge in [-0.3, -0.25) is 14.4 Å². The van der Waals surface area contributed by atoms with Crippen molar-refractivity contribution in [2.75, 3.05) is 45.8 Å². The molecule has 49 heavy (non-hydrogen) atoms. The zero-order valence-electron chi connectivity index (χ0n) is 29.4. The van der Waals surface area contributed by atoms with Crippen LogP contribution in [0, 0.1) is 17.8 Å². The van der Waals surface area contributed by atoms with Gasteiger partial charge in [0.25, 0.3) is 0 Å². The topological polar surface area (TPSA) is 207 Å². The van der Waals surface area contributed by atoms with Crippen molar-refractivity contribution in [1.82, 2.24) is 31.2 Å². The smallest absolute Gasteiger partial charge is 0.407 e. The highest BCUT2D eigenvalue weighted by Gasteiger charge is 2.28. The molecule has 0 saturated heterocycles. The van der Waals surface area contributed by atoms with Gasteiger partial charge in [0.1, 0.15) is 24.3 Å². The number of thioether (sulfide) groups is 1. The lowest BCUT2D eigenvalue weighted by Crippen LogP contribution is -2.54. The molecule has 0 aliphatic rings. The summed E-state index contributed by atoms with van der Waals surface area (Å²) in [7, 11) is 0. The summed E-state index contributed by atoms with van der Waals surface area (Å²) >= 11 is 1.46. The summed E-state index contributed by atoms with van der Waals surface area (Å²) in [5.74, 6) is 3.22. The SMILES string of the molecule is CSc1ncc(C#CCCCC(=O)NCCOCCOCC(=O)N[C@H](C(=O)N[C@@H](CCCCNC(=O)OC(C)(C)C)C(=O)O)C(C)C)cn1. The Labute approximate surface area is 293 Å². The Morgan fingerprint density at radius 3 is 2.24 bits per heavy atom. The Bertz CT molecular complexity index is 1250. The van der Waals surface area contributed by atoms with Crippen LogP contribution in [0.3, 0.4) is 0 Å². The third-order valence-corrected chi connectivity index (χ3v) is 6.97. The highest BCUT2D eigenvalue weighted by Crippen LogP contribution is 2.09. The number of aliphatic carboxylic acids is 1. The second-order valence-electron chi connectivity index (χ2n) is 12.2. The van der Waals surface area contributed by atoms with Crippen LogP contribution in [0.25, 0.3) is 0 Å². The summed E-state index contributed by atoms with van der Waals surface area (Å²) in [4.78, 5) is 69.1. The van der Waals surface area contributed by atoms with Gasteiger partial charge in [-0.25, -0.2) is 19.6 Å². The van der Waals surface area contributed by atoms with Gasteiger partial charge in [0, 0.05) is 38.3 Å². The maximum Gasteiger partial charge on any atom is 0.407 e. The first-order valence-electron chi connectivity index (χ1n) is 16.3. The molecule has 4 amide bonds. The first-order valence-corrected chi connectivity index (χ1v) is 17.5. The van der Waals surface area contributed by atoms with Crippen molar-refractivity contribution >= 4 is 41.5 Å². The van der Waals surface area contributed by atoms with Crippen molar-refractivity contribution in [1.29, 1.82) is 0 Å². The molecule has 274 valence electrons. The van der Waals surface area contributed by atoms with Gasteiger partial charge < -0.3 is 40.6 Å². The molecule has 0 aliphatic heterocycles. The molecule has 16 heteroatoms. The first-order chi connectivity index (χ1) is 23.2. The number of unbranched alkanes of at least 4 members (excludes halogenated alkanes) is 2. The Morgan fingerprint density at radius 1 is 0.918 bits per heavy atom. The minimum Gasteiger partial charge on any atom is -0.480 e. The Kier molecular flexibility index (Phi) is 21.3. The molecular formula is C33H52N6O9S. The lowest BCUT2D eigenvalue weighted by molar-refractivity contribution is -0.142. The fraction of sp³-hybridized carbons (Fsp3) is 0.667. The number of aromatic nitrogens is 2. The van der Waals surface area contributed by atoms with Crippen LogP contribution in [0.2, 0.25) is 0 Å². The molecule has 1 aromatic rings. The predicted octanol–water partition coefficient (Wildman–Crippen LogP) is 2.27. The van der Waals surface area contributed by atoms with E-state index in [1.807, 2.05) is 6.26 Å². The van der Waals surface area contributed by atoms with Crippen LogP contribution in [0.15, 0.2) is 17.6 Å². The van der Waals surface area contributed by atoms with E-state index in [1.165, 1.54) is 11.8 Å². The molecular weight excluding hydrogens is 656 g/mol. The Hall–Kier alpha value is -3.94. The van der Waals surface area contributed by atoms with Gasteiger partial charge in [-0.05, 0) is 58.6 Å². The van der Waals surface area contributed by atoms with Crippen LogP contribution in [0.1, 0.15) is 78.7 Å². The minimum absolute atomic E-state index is 0.100. The largest absolute Gasteiger partial charge is 0.480 e. The number of ether oxygens (including phenoxy) is 3. The molecule has 1 rings (SSSR count). The third-order valence-electron chi connectivity index (χ3n) is 6.39. The molecule has 0 aromatic carbocycles. The van der Waals surface area contributed by atoms with Crippen molar-refractivity contribution in [3.05, 3.63) is 18.0 Å². The summed E-state index contributed by atoms with van der Waals surface area (Å²) in [5, 5.41) is 20.7. The van der Waals surface area contributed by atoms with Gasteiger partial charge in [-0.2, -0.15) is 0 Å². The normalized spacial score (nSPS) is 12.2. The van der Waals surface area contributed by atoms with Gasteiger partial charge in [0.05, 0.1) is 25.4 Å². The number of carboxylic acids is 1. The van der Waals surface area contributed by atoms with Gasteiger partial charge in [-0.1, -0.05) is 37.5 Å². The molecule has 0 unspecified atom stereocenters. The molecule has 1 aromatic heterocycles. The van der Waals surface area contributed by atoms with E-state index < -0.39 is 41.6 Å². The number of nitrogens with zero attached hydrogens (tertiary/aromatic N) is 2. The zero-order valence-corrected chi connectivity index (χ0v) is 30.2. The number of alkyl carbamates (subject to hydrolysis) is 1. The van der Waals surface area contributed by atoms with Crippen LogP contribution in [-0.2, 0) is 33.4 Å². The van der Waals surface area contributed by atoms with E-state index in [0.717, 1.165) is 5.56 Å². The predicted molar refractivity (Wildman–Crippen MR) is 184 cm³/mol. The summed E-state index contributed by atoms with van der Waals surface area (Å²) in [6.45, 7) is 9.61. The standard InChI is InChI=1S/C33H52N6O9S/c1-23(2)28(29(42)38-25(30(43)44)13-10-11-15-35-32(45)48-33(3,4)5)39-27(41)22-47-19-18-46-17-16-34-26(40)14-9-7-8-12-24-20-36-31(49-6)37-21-24/h20-21,23,25,28H,7,9-11,13-19,22H2,1-6H3,(H,34,40)(H,35,45)(H,38,42)(H,39,41)(H,43,44)/t25-,28-/m0/s1. The maximum absolute atomic E-state index is 12.9. The van der Waals surface area contributed by atoms with Crippen LogP contribution >= 0.6 is 11.8 Å². The molecule has 15 nitrogen and oxygen atoms in total. The molecule has 0 spiro atoms. The maximum atomic E-state index is 12.9. The van der Waals surface area contributed by atoms with E-state index in [1.54, 1.807) is 47.0 Å². The number of hydrogen-bond acceptors (Lipinski definition) is 11. The number of rotatable bonds is 22. The lowest BCUT2D eigenvalue weighted by Gasteiger charge is -2.24. The van der Waals surface area contributed by atoms with E-state index in [-0.39, 0.29) is 44.7 Å². The van der Waals surface area contributed by atoms with E-state index in [4.69, 9.17) is 14.2 Å². The molecule has 0 fully saturated rings. The van der Waals surface area contributed by atoms with Gasteiger partial charge in [0.15, 0.2) is 5.16 Å². The van der Waals surface area contributed by atoms with Crippen molar-refractivity contribution in [3.8, 4) is 11.8 Å². The van der Waals surface area contributed by atoms with E-state index in [9.17, 15) is 29.1 Å². The Balaban J connectivity index is 2.22. The Morgan fingerprint density at radius 2 is 1.61 bits per heavy atom. The quantitative estimate of drug-likeness (QED) is 0.0509. The highest BCUT2D eigenvalue weighted by atomic mass is 32.2. The zero-order chi connectivity index (χ0) is 36.7. The molecule has 2 atom stereocenters. The number of carbonyl (C=O) groups is 5. The van der Waals surface area contributed by atoms with Crippen LogP contribution in [-0.4, -0.2) is 108 Å². The number of carbonyl (C=O) groups excluding carboxylic acids is 4. The number of carboxylic acid groups (broad SMARTS) is 1. The number of nitrogens with one attached hydrogen (secondary N) is 4. The molecule has 0 aliphatic carbocycles. The molecule has 0 saturated carbocycles. The first kappa shape index (κ1) is 43.1. The molecule has 1 heterocycles. The minimum atomic E-state index is -1.20. The average Bonchev–Trinajstić information content (AvgIpc) is 3.03. The van der Waals surface area contributed by atoms with Crippen molar-refractivity contribution in [2.45, 2.75) is 96.0 Å². The molecule has 5 N–H and O–H groups in total. The second kappa shape index (κ2) is 24.2. The highest BCUT2D eigenvalue weighted by molar-refractivity contribution is 7.98. The average molecular weight is 709 g/mol. The van der Waals surface area contributed by atoms with Crippen molar-refractivity contribution in [2.24, 2.45) is 5.92 Å². The van der Waals surface area contributed by atoms with Gasteiger partial charge in [0.2, 0.25) is 17.7 Å². The number of hydrogen-bond donors (Lipinski definition) is 5. The fourth-order valence-electron chi connectivity index (χ4n) is 3.97. The van der Waals surface area contributed by atoms with Gasteiger partial charge >= 0.3 is 12.1 Å². The van der Waals surface area contributed by atoms with Gasteiger partial charge in [-0.15, -0.1) is 0 Å². The van der Waals surface area contributed by atoms with Crippen LogP contribution in [0.4, 0.5) is 4.79 Å².